The van der Waals surface area contributed by atoms with E-state index in [1.165, 1.54) is 24.3 Å². The zero-order valence-electron chi connectivity index (χ0n) is 11.0. The lowest BCUT2D eigenvalue weighted by atomic mass is 10.2. The molecule has 1 saturated heterocycles. The van der Waals surface area contributed by atoms with Crippen molar-refractivity contribution in [2.24, 2.45) is 0 Å². The first-order valence-corrected chi connectivity index (χ1v) is 7.12. The van der Waals surface area contributed by atoms with Crippen LogP contribution in [0.2, 0.25) is 0 Å². The summed E-state index contributed by atoms with van der Waals surface area (Å²) in [5, 5.41) is 19.2. The lowest BCUT2D eigenvalue weighted by Crippen LogP contribution is -2.35. The molecule has 1 aliphatic rings. The van der Waals surface area contributed by atoms with E-state index in [1.54, 1.807) is 0 Å². The number of phenols is 1. The average Bonchev–Trinajstić information content (AvgIpc) is 2.71. The number of nitrogens with one attached hydrogen (secondary N) is 1. The number of imide groups is 1. The first-order chi connectivity index (χ1) is 10.0. The van der Waals surface area contributed by atoms with Gasteiger partial charge in [-0.15, -0.1) is 0 Å². The van der Waals surface area contributed by atoms with E-state index in [4.69, 9.17) is 5.11 Å². The third-order valence-electron chi connectivity index (χ3n) is 2.81. The van der Waals surface area contributed by atoms with Gasteiger partial charge in [-0.05, 0) is 23.9 Å². The number of thioether (sulfide) groups is 1. The van der Waals surface area contributed by atoms with Gasteiger partial charge in [0.05, 0.1) is 12.3 Å². The highest BCUT2D eigenvalue weighted by atomic mass is 32.2. The number of hydrogen-bond donors (Lipinski definition) is 3. The summed E-state index contributed by atoms with van der Waals surface area (Å²) in [5.74, 6) is -0.947. The van der Waals surface area contributed by atoms with Crippen LogP contribution in [-0.4, -0.2) is 45.7 Å². The zero-order chi connectivity index (χ0) is 15.4. The number of aliphatic hydroxyl groups is 1. The molecule has 0 saturated carbocycles. The molecule has 7 nitrogen and oxygen atoms in total. The molecular formula is C13H14N2O5S. The van der Waals surface area contributed by atoms with E-state index < -0.39 is 22.3 Å². The Labute approximate surface area is 124 Å². The van der Waals surface area contributed by atoms with E-state index in [1.807, 2.05) is 0 Å². The van der Waals surface area contributed by atoms with Crippen LogP contribution >= 0.6 is 11.8 Å². The molecule has 8 heteroatoms. The first-order valence-electron chi connectivity index (χ1n) is 6.24. The third kappa shape index (κ3) is 3.53. The van der Waals surface area contributed by atoms with E-state index >= 15 is 0 Å². The second kappa shape index (κ2) is 6.59. The van der Waals surface area contributed by atoms with Gasteiger partial charge in [0.25, 0.3) is 5.24 Å². The summed E-state index contributed by atoms with van der Waals surface area (Å²) in [6, 6.07) is 5.80. The van der Waals surface area contributed by atoms with Gasteiger partial charge in [0, 0.05) is 19.0 Å². The Bertz CT molecular complexity index is 577. The molecule has 1 aliphatic heterocycles. The summed E-state index contributed by atoms with van der Waals surface area (Å²) >= 11 is 0.777. The number of aromatic hydroxyl groups is 1. The van der Waals surface area contributed by atoms with Gasteiger partial charge in [-0.3, -0.25) is 14.4 Å². The maximum absolute atomic E-state index is 12.2. The molecule has 0 aromatic heterocycles. The Morgan fingerprint density at radius 1 is 1.38 bits per heavy atom. The molecule has 0 spiro atoms. The molecule has 1 heterocycles. The molecule has 3 N–H and O–H groups in total. The van der Waals surface area contributed by atoms with E-state index in [0.717, 1.165) is 16.7 Å². The molecular weight excluding hydrogens is 296 g/mol. The lowest BCUT2D eigenvalue weighted by molar-refractivity contribution is -0.124. The summed E-state index contributed by atoms with van der Waals surface area (Å²) in [5.41, 5.74) is 0.274. The van der Waals surface area contributed by atoms with Crippen molar-refractivity contribution in [3.8, 4) is 5.75 Å². The Kier molecular flexibility index (Phi) is 4.81. The number of hydrogen-bond acceptors (Lipinski definition) is 6. The minimum absolute atomic E-state index is 0.0535. The Morgan fingerprint density at radius 2 is 2.14 bits per heavy atom. The van der Waals surface area contributed by atoms with Crippen LogP contribution in [-0.2, 0) is 9.59 Å². The molecule has 21 heavy (non-hydrogen) atoms. The molecule has 3 amide bonds. The largest absolute Gasteiger partial charge is 0.508 e. The molecule has 1 fully saturated rings. The van der Waals surface area contributed by atoms with Gasteiger partial charge in [-0.2, -0.15) is 0 Å². The lowest BCUT2D eigenvalue weighted by Gasteiger charge is -2.14. The fraction of sp³-hybridized carbons (Fsp3) is 0.308. The topological polar surface area (TPSA) is 107 Å². The van der Waals surface area contributed by atoms with Crippen molar-refractivity contribution in [1.29, 1.82) is 0 Å². The second-order valence-electron chi connectivity index (χ2n) is 4.34. The third-order valence-corrected chi connectivity index (χ3v) is 3.85. The monoisotopic (exact) mass is 310 g/mol. The van der Waals surface area contributed by atoms with Gasteiger partial charge in [-0.25, -0.2) is 4.90 Å². The summed E-state index contributed by atoms with van der Waals surface area (Å²) in [7, 11) is 0. The van der Waals surface area contributed by atoms with Gasteiger partial charge in [-0.1, -0.05) is 6.07 Å². The quantitative estimate of drug-likeness (QED) is 0.729. The number of carbonyl (C=O) groups excluding carboxylic acids is 3. The number of benzene rings is 1. The van der Waals surface area contributed by atoms with Crippen molar-refractivity contribution in [3.63, 3.8) is 0 Å². The van der Waals surface area contributed by atoms with Crippen molar-refractivity contribution >= 4 is 34.5 Å². The molecule has 1 aromatic rings. The maximum Gasteiger partial charge on any atom is 0.293 e. The normalized spacial score (nSPS) is 18.1. The van der Waals surface area contributed by atoms with Gasteiger partial charge in [0.15, 0.2) is 0 Å². The highest BCUT2D eigenvalue weighted by Gasteiger charge is 2.41. The zero-order valence-corrected chi connectivity index (χ0v) is 11.8. The minimum Gasteiger partial charge on any atom is -0.508 e. The summed E-state index contributed by atoms with van der Waals surface area (Å²) in [4.78, 5) is 36.6. The number of carbonyl (C=O) groups is 3. The van der Waals surface area contributed by atoms with Gasteiger partial charge < -0.3 is 15.5 Å². The molecule has 0 bridgehead atoms. The van der Waals surface area contributed by atoms with Crippen molar-refractivity contribution in [1.82, 2.24) is 5.32 Å². The first kappa shape index (κ1) is 15.3. The van der Waals surface area contributed by atoms with E-state index in [9.17, 15) is 19.5 Å². The fourth-order valence-corrected chi connectivity index (χ4v) is 2.87. The number of nitrogens with zero attached hydrogens (tertiary/aromatic N) is 1. The Balaban J connectivity index is 2.08. The van der Waals surface area contributed by atoms with Crippen LogP contribution in [0.15, 0.2) is 24.3 Å². The predicted octanol–water partition coefficient (Wildman–Crippen LogP) is 0.459. The van der Waals surface area contributed by atoms with Crippen LogP contribution in [0.4, 0.5) is 10.5 Å². The van der Waals surface area contributed by atoms with Crippen LogP contribution in [0.1, 0.15) is 6.42 Å². The van der Waals surface area contributed by atoms with E-state index in [0.29, 0.717) is 0 Å². The average molecular weight is 310 g/mol. The second-order valence-corrected chi connectivity index (χ2v) is 5.50. The standard InChI is InChI=1S/C13H14N2O5S/c16-5-4-14-11(18)7-10-12(19)15(13(20)21-10)8-2-1-3-9(17)6-8/h1-3,6,10,16-17H,4-5,7H2,(H,14,18). The van der Waals surface area contributed by atoms with Crippen LogP contribution in [0, 0.1) is 0 Å². The number of anilines is 1. The molecule has 1 unspecified atom stereocenters. The smallest absolute Gasteiger partial charge is 0.293 e. The Morgan fingerprint density at radius 3 is 2.81 bits per heavy atom. The molecule has 0 aliphatic carbocycles. The maximum atomic E-state index is 12.2. The van der Waals surface area contributed by atoms with E-state index in [2.05, 4.69) is 5.32 Å². The number of rotatable bonds is 5. The van der Waals surface area contributed by atoms with E-state index in [-0.39, 0.29) is 31.0 Å². The Hall–Kier alpha value is -2.06. The molecule has 0 radical (unpaired) electrons. The van der Waals surface area contributed by atoms with Gasteiger partial charge in [0.1, 0.15) is 11.0 Å². The predicted molar refractivity (Wildman–Crippen MR) is 77.1 cm³/mol. The van der Waals surface area contributed by atoms with Crippen molar-refractivity contribution < 1.29 is 24.6 Å². The van der Waals surface area contributed by atoms with Crippen molar-refractivity contribution in [2.45, 2.75) is 11.7 Å². The summed E-state index contributed by atoms with van der Waals surface area (Å²) in [6.45, 7) is -0.0829. The van der Waals surface area contributed by atoms with Gasteiger partial charge >= 0.3 is 0 Å². The summed E-state index contributed by atoms with van der Waals surface area (Å²) in [6.07, 6.45) is -0.134. The van der Waals surface area contributed by atoms with Crippen LogP contribution in [0.25, 0.3) is 0 Å². The summed E-state index contributed by atoms with van der Waals surface area (Å²) < 4.78 is 0. The highest BCUT2D eigenvalue weighted by molar-refractivity contribution is 8.15. The number of phenolic OH excluding ortho intramolecular Hbond substituents is 1. The van der Waals surface area contributed by atoms with Crippen LogP contribution < -0.4 is 10.2 Å². The van der Waals surface area contributed by atoms with Gasteiger partial charge in [0.2, 0.25) is 11.8 Å². The molecule has 112 valence electrons. The number of aliphatic hydroxyl groups excluding tert-OH is 1. The number of amides is 3. The fourth-order valence-electron chi connectivity index (χ4n) is 1.89. The molecule has 2 rings (SSSR count). The molecule has 1 aromatic carbocycles. The van der Waals surface area contributed by atoms with Crippen LogP contribution in [0.3, 0.4) is 0 Å². The highest BCUT2D eigenvalue weighted by Crippen LogP contribution is 2.34. The van der Waals surface area contributed by atoms with Crippen molar-refractivity contribution in [3.05, 3.63) is 24.3 Å². The minimum atomic E-state index is -0.793. The van der Waals surface area contributed by atoms with Crippen LogP contribution in [0.5, 0.6) is 5.75 Å². The SMILES string of the molecule is O=C(CC1SC(=O)N(c2cccc(O)c2)C1=O)NCCO. The van der Waals surface area contributed by atoms with Crippen molar-refractivity contribution in [2.75, 3.05) is 18.1 Å². The molecule has 1 atom stereocenters.